The van der Waals surface area contributed by atoms with Gasteiger partial charge in [0.2, 0.25) is 0 Å². The lowest BCUT2D eigenvalue weighted by Crippen LogP contribution is -2.19. The van der Waals surface area contributed by atoms with Crippen molar-refractivity contribution in [1.82, 2.24) is 4.98 Å². The monoisotopic (exact) mass is 215 g/mol. The molecule has 2 aromatic rings. The first-order valence-electron chi connectivity index (χ1n) is 5.57. The first-order valence-corrected chi connectivity index (χ1v) is 5.57. The zero-order valence-electron chi connectivity index (χ0n) is 9.77. The molecule has 1 aromatic carbocycles. The highest BCUT2D eigenvalue weighted by Gasteiger charge is 2.07. The molecule has 1 heterocycles. The second-order valence-electron chi connectivity index (χ2n) is 4.02. The van der Waals surface area contributed by atoms with Gasteiger partial charge in [-0.2, -0.15) is 0 Å². The molecule has 1 aromatic heterocycles. The molecule has 2 N–H and O–H groups in total. The zero-order valence-corrected chi connectivity index (χ0v) is 9.77. The van der Waals surface area contributed by atoms with Crippen LogP contribution in [0.15, 0.2) is 30.6 Å². The Bertz CT molecular complexity index is 494. The van der Waals surface area contributed by atoms with Crippen molar-refractivity contribution in [3.05, 3.63) is 30.6 Å². The number of benzene rings is 1. The Morgan fingerprint density at radius 3 is 2.88 bits per heavy atom. The van der Waals surface area contributed by atoms with Crippen molar-refractivity contribution in [3.8, 4) is 0 Å². The summed E-state index contributed by atoms with van der Waals surface area (Å²) >= 11 is 0. The predicted octanol–water partition coefficient (Wildman–Crippen LogP) is 2.66. The molecule has 3 nitrogen and oxygen atoms in total. The van der Waals surface area contributed by atoms with Crippen molar-refractivity contribution in [3.63, 3.8) is 0 Å². The Balaban J connectivity index is 2.52. The van der Waals surface area contributed by atoms with E-state index in [2.05, 4.69) is 36.0 Å². The lowest BCUT2D eigenvalue weighted by atomic mass is 10.1. The van der Waals surface area contributed by atoms with E-state index in [1.807, 2.05) is 12.3 Å². The van der Waals surface area contributed by atoms with Crippen LogP contribution in [0.4, 0.5) is 11.4 Å². The smallest absolute Gasteiger partial charge is 0.0632 e. The highest BCUT2D eigenvalue weighted by molar-refractivity contribution is 5.98. The molecule has 0 radical (unpaired) electrons. The van der Waals surface area contributed by atoms with Crippen LogP contribution in [0.1, 0.15) is 13.3 Å². The number of nitrogen functional groups attached to an aromatic ring is 1. The van der Waals surface area contributed by atoms with Crippen LogP contribution in [0, 0.1) is 0 Å². The summed E-state index contributed by atoms with van der Waals surface area (Å²) in [6, 6.07) is 6.10. The first-order chi connectivity index (χ1) is 7.74. The van der Waals surface area contributed by atoms with Gasteiger partial charge in [-0.15, -0.1) is 0 Å². The van der Waals surface area contributed by atoms with Crippen molar-refractivity contribution in [2.24, 2.45) is 0 Å². The molecule has 0 aliphatic heterocycles. The minimum Gasteiger partial charge on any atom is -0.397 e. The maximum Gasteiger partial charge on any atom is 0.0632 e. The number of aromatic nitrogens is 1. The summed E-state index contributed by atoms with van der Waals surface area (Å²) in [6.07, 6.45) is 4.74. The van der Waals surface area contributed by atoms with E-state index in [0.29, 0.717) is 0 Å². The Labute approximate surface area is 95.9 Å². The van der Waals surface area contributed by atoms with Crippen molar-refractivity contribution in [2.75, 3.05) is 24.2 Å². The van der Waals surface area contributed by atoms with Gasteiger partial charge in [0.1, 0.15) is 0 Å². The molecule has 0 spiro atoms. The minimum absolute atomic E-state index is 0.843. The third-order valence-corrected chi connectivity index (χ3v) is 2.81. The van der Waals surface area contributed by atoms with E-state index in [-0.39, 0.29) is 0 Å². The van der Waals surface area contributed by atoms with E-state index in [9.17, 15) is 0 Å². The molecule has 16 heavy (non-hydrogen) atoms. The van der Waals surface area contributed by atoms with Gasteiger partial charge in [0.15, 0.2) is 0 Å². The molecule has 0 unspecified atom stereocenters. The zero-order chi connectivity index (χ0) is 11.5. The van der Waals surface area contributed by atoms with Crippen LogP contribution < -0.4 is 10.6 Å². The summed E-state index contributed by atoms with van der Waals surface area (Å²) in [7, 11) is 2.07. The van der Waals surface area contributed by atoms with Crippen molar-refractivity contribution >= 4 is 22.1 Å². The van der Waals surface area contributed by atoms with E-state index < -0.39 is 0 Å². The topological polar surface area (TPSA) is 42.2 Å². The quantitative estimate of drug-likeness (QED) is 0.800. The Morgan fingerprint density at radius 2 is 2.12 bits per heavy atom. The lowest BCUT2D eigenvalue weighted by Gasteiger charge is -2.21. The van der Waals surface area contributed by atoms with Crippen LogP contribution in [-0.4, -0.2) is 18.6 Å². The molecule has 0 fully saturated rings. The average molecular weight is 215 g/mol. The van der Waals surface area contributed by atoms with Crippen LogP contribution in [0.5, 0.6) is 0 Å². The molecule has 0 atom stereocenters. The number of rotatable bonds is 3. The summed E-state index contributed by atoms with van der Waals surface area (Å²) in [5.41, 5.74) is 8.12. The van der Waals surface area contributed by atoms with Gasteiger partial charge in [-0.3, -0.25) is 4.98 Å². The van der Waals surface area contributed by atoms with Gasteiger partial charge in [-0.05, 0) is 18.6 Å². The highest BCUT2D eigenvalue weighted by Crippen LogP contribution is 2.30. The first kappa shape index (κ1) is 10.7. The molecule has 84 valence electrons. The molecule has 0 saturated carbocycles. The molecule has 0 amide bonds. The molecule has 3 heteroatoms. The molecule has 2 rings (SSSR count). The van der Waals surface area contributed by atoms with Gasteiger partial charge in [0.05, 0.1) is 11.4 Å². The fourth-order valence-corrected chi connectivity index (χ4v) is 1.97. The molecular formula is C13H17N3. The number of nitrogens with two attached hydrogens (primary N) is 1. The third kappa shape index (κ3) is 1.81. The van der Waals surface area contributed by atoms with E-state index >= 15 is 0 Å². The maximum atomic E-state index is 6.18. The normalized spacial score (nSPS) is 10.6. The van der Waals surface area contributed by atoms with Crippen LogP contribution in [-0.2, 0) is 0 Å². The van der Waals surface area contributed by atoms with Crippen molar-refractivity contribution in [1.29, 1.82) is 0 Å². The summed E-state index contributed by atoms with van der Waals surface area (Å²) in [6.45, 7) is 3.18. The number of hydrogen-bond acceptors (Lipinski definition) is 3. The van der Waals surface area contributed by atoms with Crippen molar-refractivity contribution in [2.45, 2.75) is 13.3 Å². The molecule has 0 bridgehead atoms. The maximum absolute atomic E-state index is 6.18. The molecular weight excluding hydrogens is 198 g/mol. The third-order valence-electron chi connectivity index (χ3n) is 2.81. The fourth-order valence-electron chi connectivity index (χ4n) is 1.97. The standard InChI is InChI=1S/C13H17N3/c1-3-8-16(2)12-5-4-10-9-15-7-6-11(10)13(12)14/h4-7,9H,3,8,14H2,1-2H3. The summed E-state index contributed by atoms with van der Waals surface area (Å²) < 4.78 is 0. The van der Waals surface area contributed by atoms with Crippen LogP contribution in [0.3, 0.4) is 0 Å². The fraction of sp³-hybridized carbons (Fsp3) is 0.308. The second kappa shape index (κ2) is 4.39. The Kier molecular flexibility index (Phi) is 2.95. The number of fused-ring (bicyclic) bond motifs is 1. The number of anilines is 2. The van der Waals surface area contributed by atoms with Gasteiger partial charge < -0.3 is 10.6 Å². The van der Waals surface area contributed by atoms with Gasteiger partial charge in [0.25, 0.3) is 0 Å². The van der Waals surface area contributed by atoms with Crippen LogP contribution in [0.2, 0.25) is 0 Å². The van der Waals surface area contributed by atoms with E-state index in [0.717, 1.165) is 35.1 Å². The van der Waals surface area contributed by atoms with E-state index in [4.69, 9.17) is 5.73 Å². The van der Waals surface area contributed by atoms with Crippen molar-refractivity contribution < 1.29 is 0 Å². The summed E-state index contributed by atoms with van der Waals surface area (Å²) in [5.74, 6) is 0. The molecule has 0 aliphatic rings. The van der Waals surface area contributed by atoms with E-state index in [1.165, 1.54) is 0 Å². The Hall–Kier alpha value is -1.77. The van der Waals surface area contributed by atoms with Crippen LogP contribution in [0.25, 0.3) is 10.8 Å². The predicted molar refractivity (Wildman–Crippen MR) is 69.7 cm³/mol. The van der Waals surface area contributed by atoms with Crippen LogP contribution >= 0.6 is 0 Å². The Morgan fingerprint density at radius 1 is 1.31 bits per heavy atom. The summed E-state index contributed by atoms with van der Waals surface area (Å²) in [4.78, 5) is 6.29. The van der Waals surface area contributed by atoms with Gasteiger partial charge in [-0.25, -0.2) is 0 Å². The van der Waals surface area contributed by atoms with E-state index in [1.54, 1.807) is 6.20 Å². The lowest BCUT2D eigenvalue weighted by molar-refractivity contribution is 0.854. The average Bonchev–Trinajstić information content (AvgIpc) is 2.30. The minimum atomic E-state index is 0.843. The second-order valence-corrected chi connectivity index (χ2v) is 4.02. The van der Waals surface area contributed by atoms with Gasteiger partial charge >= 0.3 is 0 Å². The number of hydrogen-bond donors (Lipinski definition) is 1. The number of nitrogens with zero attached hydrogens (tertiary/aromatic N) is 2. The van der Waals surface area contributed by atoms with Gasteiger partial charge in [0, 0.05) is 36.8 Å². The molecule has 0 aliphatic carbocycles. The highest BCUT2D eigenvalue weighted by atomic mass is 15.1. The van der Waals surface area contributed by atoms with Gasteiger partial charge in [-0.1, -0.05) is 13.0 Å². The largest absolute Gasteiger partial charge is 0.397 e. The molecule has 0 saturated heterocycles. The number of pyridine rings is 1. The summed E-state index contributed by atoms with van der Waals surface area (Å²) in [5, 5.41) is 2.17. The SMILES string of the molecule is CCCN(C)c1ccc2cnccc2c1N.